The number of pyridine rings is 1. The summed E-state index contributed by atoms with van der Waals surface area (Å²) in [5.74, 6) is -0.317. The number of nitrogens with zero attached hydrogens (tertiary/aromatic N) is 4. The molecule has 0 radical (unpaired) electrons. The Labute approximate surface area is 211 Å². The molecule has 184 valence electrons. The zero-order chi connectivity index (χ0) is 26.0. The number of fused-ring (bicyclic) bond motifs is 1. The van der Waals surface area contributed by atoms with Gasteiger partial charge in [-0.05, 0) is 48.7 Å². The van der Waals surface area contributed by atoms with E-state index >= 15 is 0 Å². The lowest BCUT2D eigenvalue weighted by Gasteiger charge is -2.10. The molecule has 2 aromatic carbocycles. The lowest BCUT2D eigenvalue weighted by atomic mass is 10.2. The van der Waals surface area contributed by atoms with E-state index in [1.807, 2.05) is 4.72 Å². The van der Waals surface area contributed by atoms with Crippen molar-refractivity contribution >= 4 is 50.5 Å². The molecule has 0 aliphatic rings. The molecule has 0 atom stereocenters. The zero-order valence-electron chi connectivity index (χ0n) is 19.2. The second-order valence-electron chi connectivity index (χ2n) is 7.96. The first-order chi connectivity index (χ1) is 17.0. The molecule has 0 unspecified atom stereocenters. The lowest BCUT2D eigenvalue weighted by molar-refractivity contribution is -0.384. The number of carbonyl (C=O) groups is 1. The summed E-state index contributed by atoms with van der Waals surface area (Å²) in [7, 11) is -4.08. The molecule has 10 nitrogen and oxygen atoms in total. The number of amides is 1. The number of nitro groups is 1. The van der Waals surface area contributed by atoms with Gasteiger partial charge in [-0.15, -0.1) is 0 Å². The van der Waals surface area contributed by atoms with Gasteiger partial charge in [0.05, 0.1) is 21.9 Å². The van der Waals surface area contributed by atoms with Gasteiger partial charge in [-0.3, -0.25) is 14.9 Å². The third-order valence-electron chi connectivity index (χ3n) is 5.37. The number of rotatable bonds is 7. The molecule has 2 heterocycles. The van der Waals surface area contributed by atoms with Crippen LogP contribution in [0.1, 0.15) is 33.0 Å². The van der Waals surface area contributed by atoms with Crippen molar-refractivity contribution in [1.82, 2.24) is 19.3 Å². The summed E-state index contributed by atoms with van der Waals surface area (Å²) in [6.45, 7) is 3.67. The van der Waals surface area contributed by atoms with E-state index in [1.165, 1.54) is 24.3 Å². The van der Waals surface area contributed by atoms with Crippen molar-refractivity contribution in [2.45, 2.75) is 20.4 Å². The number of nitrogens with one attached hydrogen (secondary N) is 1. The number of aryl methyl sites for hydroxylation is 2. The standard InChI is InChI=1S/C24H20ClN5O5S/c1-15-12-21(24(31)28-36(34,35)11-10-17-6-4-3-5-7-17)27-23-22(15)26-16(2)29(23)14-18-8-9-19(30(32)33)13-20(18)25/h3-13H,14H2,1-2H3,(H,28,31). The summed E-state index contributed by atoms with van der Waals surface area (Å²) in [6, 6.07) is 14.4. The number of hydrogen-bond donors (Lipinski definition) is 1. The predicted molar refractivity (Wildman–Crippen MR) is 136 cm³/mol. The van der Waals surface area contributed by atoms with Crippen molar-refractivity contribution < 1.29 is 18.1 Å². The highest BCUT2D eigenvalue weighted by atomic mass is 35.5. The first-order valence-electron chi connectivity index (χ1n) is 10.6. The van der Waals surface area contributed by atoms with Crippen molar-refractivity contribution in [3.05, 3.63) is 103 Å². The number of hydrogen-bond acceptors (Lipinski definition) is 7. The fraction of sp³-hybridized carbons (Fsp3) is 0.125. The predicted octanol–water partition coefficient (Wildman–Crippen LogP) is 4.39. The number of carbonyl (C=O) groups excluding carboxylic acids is 1. The molecule has 36 heavy (non-hydrogen) atoms. The second-order valence-corrected chi connectivity index (χ2v) is 9.94. The molecule has 4 rings (SSSR count). The highest BCUT2D eigenvalue weighted by Crippen LogP contribution is 2.26. The molecule has 0 aliphatic heterocycles. The van der Waals surface area contributed by atoms with Crippen LogP contribution in [0.4, 0.5) is 5.69 Å². The van der Waals surface area contributed by atoms with Gasteiger partial charge in [0.25, 0.3) is 21.6 Å². The van der Waals surface area contributed by atoms with Crippen LogP contribution in [0.5, 0.6) is 0 Å². The molecular weight excluding hydrogens is 506 g/mol. The van der Waals surface area contributed by atoms with Crippen LogP contribution in [0.15, 0.2) is 60.0 Å². The van der Waals surface area contributed by atoms with Crippen LogP contribution in [0.2, 0.25) is 5.02 Å². The zero-order valence-corrected chi connectivity index (χ0v) is 20.7. The van der Waals surface area contributed by atoms with E-state index in [0.29, 0.717) is 33.7 Å². The third-order valence-corrected chi connectivity index (χ3v) is 6.68. The Hall–Kier alpha value is -4.09. The Bertz CT molecular complexity index is 1630. The smallest absolute Gasteiger partial charge is 0.283 e. The molecule has 0 bridgehead atoms. The Morgan fingerprint density at radius 2 is 1.86 bits per heavy atom. The minimum Gasteiger partial charge on any atom is -0.308 e. The van der Waals surface area contributed by atoms with Crippen molar-refractivity contribution in [2.24, 2.45) is 0 Å². The molecule has 0 spiro atoms. The summed E-state index contributed by atoms with van der Waals surface area (Å²) in [6.07, 6.45) is 1.38. The van der Waals surface area contributed by atoms with E-state index in [9.17, 15) is 23.3 Å². The van der Waals surface area contributed by atoms with Crippen molar-refractivity contribution in [2.75, 3.05) is 0 Å². The summed E-state index contributed by atoms with van der Waals surface area (Å²) in [4.78, 5) is 32.2. The molecule has 2 aromatic heterocycles. The number of benzene rings is 2. The molecule has 1 N–H and O–H groups in total. The fourth-order valence-electron chi connectivity index (χ4n) is 3.55. The maximum absolute atomic E-state index is 12.8. The molecule has 0 aliphatic carbocycles. The van der Waals surface area contributed by atoms with Gasteiger partial charge in [0.2, 0.25) is 0 Å². The van der Waals surface area contributed by atoms with Crippen LogP contribution in [0, 0.1) is 24.0 Å². The van der Waals surface area contributed by atoms with Crippen LogP contribution in [0.3, 0.4) is 0 Å². The molecule has 0 saturated heterocycles. The van der Waals surface area contributed by atoms with Gasteiger partial charge in [0, 0.05) is 12.1 Å². The number of halogens is 1. The molecule has 4 aromatic rings. The van der Waals surface area contributed by atoms with Gasteiger partial charge in [-0.2, -0.15) is 0 Å². The molecule has 1 amide bonds. The fourth-order valence-corrected chi connectivity index (χ4v) is 4.55. The van der Waals surface area contributed by atoms with E-state index in [1.54, 1.807) is 54.8 Å². The SMILES string of the molecule is Cc1cc(C(=O)NS(=O)(=O)C=Cc2ccccc2)nc2c1nc(C)n2Cc1ccc([N+](=O)[O-])cc1Cl. The van der Waals surface area contributed by atoms with Gasteiger partial charge in [-0.25, -0.2) is 23.1 Å². The summed E-state index contributed by atoms with van der Waals surface area (Å²) >= 11 is 6.26. The first kappa shape index (κ1) is 25.0. The average molecular weight is 526 g/mol. The van der Waals surface area contributed by atoms with Crippen LogP contribution in [0.25, 0.3) is 17.2 Å². The monoisotopic (exact) mass is 525 g/mol. The Morgan fingerprint density at radius 3 is 2.53 bits per heavy atom. The topological polar surface area (TPSA) is 137 Å². The molecule has 12 heteroatoms. The summed E-state index contributed by atoms with van der Waals surface area (Å²) < 4.78 is 28.6. The highest BCUT2D eigenvalue weighted by molar-refractivity contribution is 7.93. The van der Waals surface area contributed by atoms with Crippen molar-refractivity contribution in [1.29, 1.82) is 0 Å². The minimum atomic E-state index is -4.08. The molecule has 0 saturated carbocycles. The maximum Gasteiger partial charge on any atom is 0.283 e. The third kappa shape index (κ3) is 5.42. The highest BCUT2D eigenvalue weighted by Gasteiger charge is 2.20. The summed E-state index contributed by atoms with van der Waals surface area (Å²) in [5.41, 5.74) is 2.53. The second kappa shape index (κ2) is 9.88. The number of nitro benzene ring substituents is 1. The van der Waals surface area contributed by atoms with E-state index in [4.69, 9.17) is 11.6 Å². The van der Waals surface area contributed by atoms with Crippen molar-refractivity contribution in [3.63, 3.8) is 0 Å². The van der Waals surface area contributed by atoms with E-state index < -0.39 is 20.9 Å². The summed E-state index contributed by atoms with van der Waals surface area (Å²) in [5, 5.41) is 12.1. The Morgan fingerprint density at radius 1 is 1.14 bits per heavy atom. The van der Waals surface area contributed by atoms with Crippen LogP contribution in [-0.4, -0.2) is 33.8 Å². The number of aromatic nitrogens is 3. The molecular formula is C24H20ClN5O5S. The van der Waals surface area contributed by atoms with Crippen LogP contribution < -0.4 is 4.72 Å². The minimum absolute atomic E-state index is 0.104. The number of sulfonamides is 1. The van der Waals surface area contributed by atoms with E-state index in [2.05, 4.69) is 9.97 Å². The van der Waals surface area contributed by atoms with E-state index in [-0.39, 0.29) is 22.9 Å². The van der Waals surface area contributed by atoms with Gasteiger partial charge in [0.1, 0.15) is 17.0 Å². The Balaban J connectivity index is 1.64. The quantitative estimate of drug-likeness (QED) is 0.279. The van der Waals surface area contributed by atoms with E-state index in [0.717, 1.165) is 5.41 Å². The van der Waals surface area contributed by atoms with Gasteiger partial charge in [-0.1, -0.05) is 41.9 Å². The maximum atomic E-state index is 12.8. The largest absolute Gasteiger partial charge is 0.308 e. The van der Waals surface area contributed by atoms with Crippen LogP contribution >= 0.6 is 11.6 Å². The van der Waals surface area contributed by atoms with Gasteiger partial charge < -0.3 is 4.57 Å². The molecule has 0 fully saturated rings. The van der Waals surface area contributed by atoms with Crippen molar-refractivity contribution in [3.8, 4) is 0 Å². The normalized spacial score (nSPS) is 11.8. The number of imidazole rings is 1. The van der Waals surface area contributed by atoms with Gasteiger partial charge >= 0.3 is 0 Å². The van der Waals surface area contributed by atoms with Gasteiger partial charge in [0.15, 0.2) is 5.65 Å². The lowest BCUT2D eigenvalue weighted by Crippen LogP contribution is -2.29. The first-order valence-corrected chi connectivity index (χ1v) is 12.5. The Kier molecular flexibility index (Phi) is 6.86. The van der Waals surface area contributed by atoms with Crippen LogP contribution in [-0.2, 0) is 16.6 Å². The average Bonchev–Trinajstić information content (AvgIpc) is 3.15. The number of non-ortho nitro benzene ring substituents is 1.